The maximum absolute atomic E-state index is 12.3. The largest absolute Gasteiger partial charge is 0.453 e. The summed E-state index contributed by atoms with van der Waals surface area (Å²) in [5, 5.41) is 12.4. The topological polar surface area (TPSA) is 97.3 Å². The molecule has 0 spiro atoms. The maximum atomic E-state index is 12.3. The number of amides is 1. The molecule has 0 bridgehead atoms. The predicted octanol–water partition coefficient (Wildman–Crippen LogP) is 6.39. The first-order valence-electron chi connectivity index (χ1n) is 16.3. The molecule has 1 saturated carbocycles. The second-order valence-corrected chi connectivity index (χ2v) is 12.3. The molecule has 244 valence electrons. The minimum Gasteiger partial charge on any atom is -0.453 e. The minimum absolute atomic E-state index is 0.0112. The molecule has 0 radical (unpaired) electrons. The van der Waals surface area contributed by atoms with Gasteiger partial charge in [0, 0.05) is 44.6 Å². The highest BCUT2D eigenvalue weighted by Gasteiger charge is 2.34. The summed E-state index contributed by atoms with van der Waals surface area (Å²) < 4.78 is 18.2. The van der Waals surface area contributed by atoms with Crippen molar-refractivity contribution in [3.63, 3.8) is 0 Å². The molecule has 3 aromatic carbocycles. The van der Waals surface area contributed by atoms with E-state index in [9.17, 15) is 14.7 Å². The molecule has 0 unspecified atom stereocenters. The molecule has 8 nitrogen and oxygen atoms in total. The molecule has 2 N–H and O–H groups in total. The van der Waals surface area contributed by atoms with E-state index >= 15 is 0 Å². The number of aliphatic hydroxyl groups excluding tert-OH is 1. The van der Waals surface area contributed by atoms with Crippen LogP contribution in [0.5, 0.6) is 0 Å². The van der Waals surface area contributed by atoms with Gasteiger partial charge in [-0.15, -0.1) is 6.58 Å². The fourth-order valence-corrected chi connectivity index (χ4v) is 6.43. The van der Waals surface area contributed by atoms with E-state index in [0.29, 0.717) is 12.6 Å². The van der Waals surface area contributed by atoms with Crippen LogP contribution in [-0.4, -0.2) is 53.2 Å². The molecule has 2 aliphatic rings. The first-order valence-corrected chi connectivity index (χ1v) is 16.3. The Morgan fingerprint density at radius 1 is 1.00 bits per heavy atom. The fraction of sp³-hybridized carbons (Fsp3) is 0.421. The first kappa shape index (κ1) is 33.5. The van der Waals surface area contributed by atoms with Gasteiger partial charge < -0.3 is 24.6 Å². The molecule has 1 amide bonds. The van der Waals surface area contributed by atoms with Gasteiger partial charge in [0.2, 0.25) is 0 Å². The van der Waals surface area contributed by atoms with Crippen molar-refractivity contribution in [2.75, 3.05) is 13.1 Å². The van der Waals surface area contributed by atoms with Gasteiger partial charge >= 0.3 is 5.97 Å². The second-order valence-electron chi connectivity index (χ2n) is 12.3. The zero-order valence-electron chi connectivity index (χ0n) is 26.9. The Morgan fingerprint density at radius 2 is 1.72 bits per heavy atom. The summed E-state index contributed by atoms with van der Waals surface area (Å²) in [6.07, 6.45) is 6.20. The lowest BCUT2D eigenvalue weighted by atomic mass is 9.98. The number of nitrogens with one attached hydrogen (secondary N) is 1. The third-order valence-corrected chi connectivity index (χ3v) is 8.88. The summed E-state index contributed by atoms with van der Waals surface area (Å²) in [4.78, 5) is 26.0. The number of nitrogens with zero attached hydrogens (tertiary/aromatic N) is 1. The lowest BCUT2D eigenvalue weighted by molar-refractivity contribution is -0.253. The average Bonchev–Trinajstić information content (AvgIpc) is 3.62. The van der Waals surface area contributed by atoms with E-state index < -0.39 is 18.4 Å². The fourth-order valence-electron chi connectivity index (χ4n) is 6.43. The van der Waals surface area contributed by atoms with Gasteiger partial charge in [0.15, 0.2) is 12.4 Å². The molecule has 4 atom stereocenters. The quantitative estimate of drug-likeness (QED) is 0.168. The van der Waals surface area contributed by atoms with Crippen LogP contribution in [0.4, 0.5) is 0 Å². The van der Waals surface area contributed by atoms with E-state index in [4.69, 9.17) is 14.2 Å². The molecule has 1 aliphatic heterocycles. The normalized spacial score (nSPS) is 20.7. The number of aliphatic hydroxyl groups is 1. The van der Waals surface area contributed by atoms with Crippen molar-refractivity contribution in [3.05, 3.63) is 108 Å². The second kappa shape index (κ2) is 16.1. The lowest BCUT2D eigenvalue weighted by Gasteiger charge is -2.39. The molecular weight excluding hydrogens is 580 g/mol. The average molecular weight is 627 g/mol. The monoisotopic (exact) mass is 626 g/mol. The van der Waals surface area contributed by atoms with Gasteiger partial charge in [0.1, 0.15) is 0 Å². The van der Waals surface area contributed by atoms with Crippen LogP contribution in [0.1, 0.15) is 80.6 Å². The van der Waals surface area contributed by atoms with E-state index in [2.05, 4.69) is 41.1 Å². The van der Waals surface area contributed by atoms with Crippen molar-refractivity contribution in [1.29, 1.82) is 0 Å². The van der Waals surface area contributed by atoms with Crippen molar-refractivity contribution in [2.45, 2.75) is 89.7 Å². The van der Waals surface area contributed by atoms with E-state index in [1.54, 1.807) is 6.92 Å². The number of hydrogen-bond donors (Lipinski definition) is 2. The summed E-state index contributed by atoms with van der Waals surface area (Å²) in [5.41, 5.74) is 5.90. The Hall–Kier alpha value is -3.82. The number of benzene rings is 3. The third-order valence-electron chi connectivity index (χ3n) is 8.88. The molecule has 0 aromatic heterocycles. The molecule has 1 aliphatic carbocycles. The minimum atomic E-state index is -0.843. The van der Waals surface area contributed by atoms with Crippen LogP contribution in [0, 0.1) is 0 Å². The van der Waals surface area contributed by atoms with E-state index in [-0.39, 0.29) is 24.7 Å². The van der Waals surface area contributed by atoms with Crippen LogP contribution >= 0.6 is 0 Å². The number of ether oxygens (including phenoxy) is 3. The van der Waals surface area contributed by atoms with E-state index in [0.717, 1.165) is 52.9 Å². The van der Waals surface area contributed by atoms with Crippen LogP contribution in [0.15, 0.2) is 85.5 Å². The number of rotatable bonds is 13. The smallest absolute Gasteiger partial charge is 0.303 e. The zero-order chi connectivity index (χ0) is 32.5. The van der Waals surface area contributed by atoms with Crippen LogP contribution in [0.2, 0.25) is 0 Å². The summed E-state index contributed by atoms with van der Waals surface area (Å²) >= 11 is 0. The third kappa shape index (κ3) is 8.91. The van der Waals surface area contributed by atoms with Crippen LogP contribution in [0.25, 0.3) is 11.1 Å². The molecule has 46 heavy (non-hydrogen) atoms. The summed E-state index contributed by atoms with van der Waals surface area (Å²) in [7, 11) is 0. The van der Waals surface area contributed by atoms with Crippen molar-refractivity contribution in [1.82, 2.24) is 10.2 Å². The number of esters is 1. The standard InChI is InChI=1S/C38H46N2O6/c1-4-20-40(34-10-5-6-11-34)24-35-22-36(31-14-12-28(25-41)13-15-31)46-38(45-35)32-18-16-30(17-19-32)33-9-7-8-29(21-33)23-39-37(43)26(2)44-27(3)42/h4,7-9,12-19,21,26,34-36,38,41H,1,5-6,10-11,20,22-25H2,2-3H3,(H,39,43)/t26-,35-,36+,38+/m0/s1. The number of hydrogen-bond acceptors (Lipinski definition) is 7. The van der Waals surface area contributed by atoms with Gasteiger partial charge in [-0.25, -0.2) is 0 Å². The number of carbonyl (C=O) groups is 2. The van der Waals surface area contributed by atoms with Gasteiger partial charge in [-0.1, -0.05) is 85.6 Å². The van der Waals surface area contributed by atoms with Crippen LogP contribution in [-0.2, 0) is 37.0 Å². The predicted molar refractivity (Wildman–Crippen MR) is 177 cm³/mol. The Kier molecular flexibility index (Phi) is 11.8. The number of carbonyl (C=O) groups excluding carboxylic acids is 2. The summed E-state index contributed by atoms with van der Waals surface area (Å²) in [5.74, 6) is -0.826. The Morgan fingerprint density at radius 3 is 2.39 bits per heavy atom. The molecule has 1 saturated heterocycles. The Balaban J connectivity index is 1.30. The van der Waals surface area contributed by atoms with Gasteiger partial charge in [0.05, 0.1) is 18.8 Å². The van der Waals surface area contributed by atoms with Crippen molar-refractivity contribution >= 4 is 11.9 Å². The highest BCUT2D eigenvalue weighted by Crippen LogP contribution is 2.39. The molecule has 8 heteroatoms. The molecule has 5 rings (SSSR count). The van der Waals surface area contributed by atoms with Crippen LogP contribution in [0.3, 0.4) is 0 Å². The molecule has 2 fully saturated rings. The highest BCUT2D eigenvalue weighted by atomic mass is 16.7. The summed E-state index contributed by atoms with van der Waals surface area (Å²) in [6, 6.07) is 24.8. The lowest BCUT2D eigenvalue weighted by Crippen LogP contribution is -2.43. The molecular formula is C38H46N2O6. The van der Waals surface area contributed by atoms with Gasteiger partial charge in [-0.3, -0.25) is 14.5 Å². The maximum Gasteiger partial charge on any atom is 0.303 e. The van der Waals surface area contributed by atoms with Crippen molar-refractivity contribution in [2.24, 2.45) is 0 Å². The SMILES string of the molecule is C=CCN(C[C@@H]1C[C@H](c2ccc(CO)cc2)O[C@H](c2ccc(-c3cccc(CNC(=O)[C@H](C)OC(C)=O)c3)cc2)O1)C1CCCC1. The van der Waals surface area contributed by atoms with Crippen molar-refractivity contribution < 1.29 is 28.9 Å². The van der Waals surface area contributed by atoms with Crippen LogP contribution < -0.4 is 5.32 Å². The highest BCUT2D eigenvalue weighted by molar-refractivity contribution is 5.82. The van der Waals surface area contributed by atoms with E-state index in [1.165, 1.54) is 32.6 Å². The Labute approximate surface area is 272 Å². The first-order chi connectivity index (χ1) is 22.3. The molecule has 1 heterocycles. The summed E-state index contributed by atoms with van der Waals surface area (Å²) in [6.45, 7) is 8.86. The van der Waals surface area contributed by atoms with Gasteiger partial charge in [0.25, 0.3) is 5.91 Å². The zero-order valence-corrected chi connectivity index (χ0v) is 26.9. The molecule has 3 aromatic rings. The van der Waals surface area contributed by atoms with E-state index in [1.807, 2.05) is 54.6 Å². The van der Waals surface area contributed by atoms with Crippen molar-refractivity contribution in [3.8, 4) is 11.1 Å². The van der Waals surface area contributed by atoms with Gasteiger partial charge in [-0.2, -0.15) is 0 Å². The Bertz CT molecular complexity index is 1450. The van der Waals surface area contributed by atoms with Gasteiger partial charge in [-0.05, 0) is 53.6 Å².